The summed E-state index contributed by atoms with van der Waals surface area (Å²) in [4.78, 5) is 4.45. The lowest BCUT2D eigenvalue weighted by atomic mass is 10.1. The van der Waals surface area contributed by atoms with Crippen LogP contribution in [0, 0.1) is 11.5 Å². The van der Waals surface area contributed by atoms with Crippen LogP contribution < -0.4 is 5.73 Å². The summed E-state index contributed by atoms with van der Waals surface area (Å²) in [6, 6.07) is 1.88. The van der Waals surface area contributed by atoms with Crippen molar-refractivity contribution in [2.75, 3.05) is 0 Å². The van der Waals surface area contributed by atoms with Crippen molar-refractivity contribution < 1.29 is 0 Å². The van der Waals surface area contributed by atoms with Crippen LogP contribution >= 0.6 is 15.9 Å². The molecular formula is C8H7BrN4. The van der Waals surface area contributed by atoms with Gasteiger partial charge in [0.05, 0.1) is 4.61 Å². The average Bonchev–Trinajstić information content (AvgIpc) is 2.53. The smallest absolute Gasteiger partial charge is 0.186 e. The van der Waals surface area contributed by atoms with Crippen molar-refractivity contribution in [3.63, 3.8) is 0 Å². The van der Waals surface area contributed by atoms with Gasteiger partial charge in [0, 0.05) is 17.5 Å². The van der Waals surface area contributed by atoms with Gasteiger partial charge >= 0.3 is 0 Å². The standard InChI is InChI=1S/C8H7BrN4/c9-7-3-6-5(1-2-12-6)8(11)13(7)4-10/h1-3,8,12H,11H2. The molecule has 2 rings (SSSR count). The van der Waals surface area contributed by atoms with Crippen LogP contribution in [0.4, 0.5) is 0 Å². The van der Waals surface area contributed by atoms with Gasteiger partial charge < -0.3 is 10.7 Å². The summed E-state index contributed by atoms with van der Waals surface area (Å²) in [5.41, 5.74) is 7.73. The van der Waals surface area contributed by atoms with Crippen molar-refractivity contribution in [3.8, 4) is 6.19 Å². The minimum absolute atomic E-state index is 0.398. The Morgan fingerprint density at radius 1 is 1.69 bits per heavy atom. The van der Waals surface area contributed by atoms with E-state index in [1.54, 1.807) is 0 Å². The molecule has 0 fully saturated rings. The van der Waals surface area contributed by atoms with E-state index in [1.807, 2.05) is 24.5 Å². The van der Waals surface area contributed by atoms with E-state index in [0.29, 0.717) is 4.61 Å². The highest BCUT2D eigenvalue weighted by atomic mass is 79.9. The van der Waals surface area contributed by atoms with Crippen molar-refractivity contribution >= 4 is 22.0 Å². The first-order valence-corrected chi connectivity index (χ1v) is 4.52. The fourth-order valence-electron chi connectivity index (χ4n) is 1.35. The second-order valence-electron chi connectivity index (χ2n) is 2.73. The molecule has 0 aliphatic carbocycles. The average molecular weight is 239 g/mol. The van der Waals surface area contributed by atoms with Crippen molar-refractivity contribution in [3.05, 3.63) is 28.1 Å². The maximum absolute atomic E-state index is 8.81. The molecule has 66 valence electrons. The Bertz CT molecular complexity index is 401. The van der Waals surface area contributed by atoms with Gasteiger partial charge in [-0.2, -0.15) is 5.26 Å². The van der Waals surface area contributed by atoms with E-state index in [-0.39, 0.29) is 0 Å². The lowest BCUT2D eigenvalue weighted by Gasteiger charge is -2.26. The maximum atomic E-state index is 8.81. The lowest BCUT2D eigenvalue weighted by Crippen LogP contribution is -2.30. The number of fused-ring (bicyclic) bond motifs is 1. The predicted octanol–water partition coefficient (Wildman–Crippen LogP) is 1.46. The van der Waals surface area contributed by atoms with E-state index in [1.165, 1.54) is 4.90 Å². The number of nitrogens with two attached hydrogens (primary N) is 1. The first-order chi connectivity index (χ1) is 6.24. The first-order valence-electron chi connectivity index (χ1n) is 3.73. The Hall–Kier alpha value is -1.25. The van der Waals surface area contributed by atoms with Crippen LogP contribution in [0.25, 0.3) is 6.08 Å². The third-order valence-corrected chi connectivity index (χ3v) is 2.62. The summed E-state index contributed by atoms with van der Waals surface area (Å²) < 4.78 is 0.678. The molecule has 2 heterocycles. The molecule has 0 aromatic carbocycles. The normalized spacial score (nSPS) is 20.5. The first kappa shape index (κ1) is 8.35. The third-order valence-electron chi connectivity index (χ3n) is 2.01. The van der Waals surface area contributed by atoms with Gasteiger partial charge in [0.15, 0.2) is 6.19 Å². The Morgan fingerprint density at radius 2 is 2.46 bits per heavy atom. The van der Waals surface area contributed by atoms with Gasteiger partial charge in [0.1, 0.15) is 6.17 Å². The molecule has 0 saturated heterocycles. The van der Waals surface area contributed by atoms with Crippen molar-refractivity contribution in [1.29, 1.82) is 5.26 Å². The topological polar surface area (TPSA) is 68.8 Å². The highest BCUT2D eigenvalue weighted by Crippen LogP contribution is 2.31. The molecule has 1 aliphatic rings. The number of halogens is 1. The number of nitriles is 1. The summed E-state index contributed by atoms with van der Waals surface area (Å²) >= 11 is 3.27. The summed E-state index contributed by atoms with van der Waals surface area (Å²) in [7, 11) is 0. The zero-order valence-corrected chi connectivity index (χ0v) is 8.25. The highest BCUT2D eigenvalue weighted by molar-refractivity contribution is 9.11. The molecule has 0 amide bonds. The van der Waals surface area contributed by atoms with Crippen LogP contribution in [-0.2, 0) is 0 Å². The van der Waals surface area contributed by atoms with Gasteiger partial charge in [0.2, 0.25) is 0 Å². The fourth-order valence-corrected chi connectivity index (χ4v) is 1.88. The van der Waals surface area contributed by atoms with Gasteiger partial charge in [-0.1, -0.05) is 0 Å². The van der Waals surface area contributed by atoms with Gasteiger partial charge in [-0.15, -0.1) is 0 Å². The van der Waals surface area contributed by atoms with Crippen LogP contribution in [0.2, 0.25) is 0 Å². The van der Waals surface area contributed by atoms with Gasteiger partial charge in [0.25, 0.3) is 0 Å². The SMILES string of the molecule is N#CN1C(Br)=Cc2[nH]ccc2C1N. The number of aromatic amines is 1. The van der Waals surface area contributed by atoms with Crippen molar-refractivity contribution in [2.24, 2.45) is 5.73 Å². The van der Waals surface area contributed by atoms with Crippen LogP contribution in [0.5, 0.6) is 0 Å². The second-order valence-corrected chi connectivity index (χ2v) is 3.54. The van der Waals surface area contributed by atoms with Crippen molar-refractivity contribution in [2.45, 2.75) is 6.17 Å². The van der Waals surface area contributed by atoms with Gasteiger partial charge in [-0.25, -0.2) is 0 Å². The third kappa shape index (κ3) is 1.15. The summed E-state index contributed by atoms with van der Waals surface area (Å²) in [6.07, 6.45) is 5.26. The molecule has 1 aliphatic heterocycles. The lowest BCUT2D eigenvalue weighted by molar-refractivity contribution is 0.389. The molecule has 1 aromatic rings. The molecule has 0 spiro atoms. The quantitative estimate of drug-likeness (QED) is 0.532. The number of nitrogens with zero attached hydrogens (tertiary/aromatic N) is 2. The zero-order chi connectivity index (χ0) is 9.42. The Kier molecular flexibility index (Phi) is 1.87. The fraction of sp³-hybridized carbons (Fsp3) is 0.125. The van der Waals surface area contributed by atoms with Crippen LogP contribution in [-0.4, -0.2) is 9.88 Å². The molecule has 1 atom stereocenters. The minimum Gasteiger partial charge on any atom is -0.361 e. The molecule has 1 unspecified atom stereocenters. The number of aromatic nitrogens is 1. The number of nitrogens with one attached hydrogen (secondary N) is 1. The summed E-state index contributed by atoms with van der Waals surface area (Å²) in [6.45, 7) is 0. The van der Waals surface area contributed by atoms with Crippen LogP contribution in [0.1, 0.15) is 17.4 Å². The number of hydrogen-bond acceptors (Lipinski definition) is 3. The molecule has 3 N–H and O–H groups in total. The molecule has 0 radical (unpaired) electrons. The molecule has 5 heteroatoms. The molecule has 0 saturated carbocycles. The number of H-pyrrole nitrogens is 1. The van der Waals surface area contributed by atoms with Crippen LogP contribution in [0.15, 0.2) is 16.9 Å². The second kappa shape index (κ2) is 2.91. The van der Waals surface area contributed by atoms with Crippen molar-refractivity contribution in [1.82, 2.24) is 9.88 Å². The molecular weight excluding hydrogens is 232 g/mol. The van der Waals surface area contributed by atoms with Crippen LogP contribution in [0.3, 0.4) is 0 Å². The van der Waals surface area contributed by atoms with E-state index in [9.17, 15) is 0 Å². The van der Waals surface area contributed by atoms with E-state index < -0.39 is 6.17 Å². The number of rotatable bonds is 0. The highest BCUT2D eigenvalue weighted by Gasteiger charge is 2.24. The Morgan fingerprint density at radius 3 is 3.15 bits per heavy atom. The van der Waals surface area contributed by atoms with E-state index >= 15 is 0 Å². The monoisotopic (exact) mass is 238 g/mol. The molecule has 4 nitrogen and oxygen atoms in total. The minimum atomic E-state index is -0.398. The largest absolute Gasteiger partial charge is 0.361 e. The zero-order valence-electron chi connectivity index (χ0n) is 6.66. The molecule has 13 heavy (non-hydrogen) atoms. The van der Waals surface area contributed by atoms with Gasteiger partial charge in [-0.05, 0) is 28.1 Å². The summed E-state index contributed by atoms with van der Waals surface area (Å²) in [5.74, 6) is 0. The molecule has 1 aromatic heterocycles. The predicted molar refractivity (Wildman–Crippen MR) is 52.1 cm³/mol. The Labute approximate surface area is 83.8 Å². The summed E-state index contributed by atoms with van der Waals surface area (Å²) in [5, 5.41) is 8.81. The number of hydrogen-bond donors (Lipinski definition) is 2. The Balaban J connectivity index is 2.53. The van der Waals surface area contributed by atoms with Gasteiger partial charge in [-0.3, -0.25) is 4.90 Å². The van der Waals surface area contributed by atoms with E-state index in [4.69, 9.17) is 11.0 Å². The molecule has 0 bridgehead atoms. The van der Waals surface area contributed by atoms with E-state index in [0.717, 1.165) is 11.3 Å². The van der Waals surface area contributed by atoms with E-state index in [2.05, 4.69) is 20.9 Å². The maximum Gasteiger partial charge on any atom is 0.186 e.